The number of nitrogens with zero attached hydrogens (tertiary/aromatic N) is 3. The molecule has 1 saturated heterocycles. The highest BCUT2D eigenvalue weighted by Gasteiger charge is 2.78. The van der Waals surface area contributed by atoms with Gasteiger partial charge in [0.1, 0.15) is 28.7 Å². The summed E-state index contributed by atoms with van der Waals surface area (Å²) < 4.78 is 32.8. The first-order valence-corrected chi connectivity index (χ1v) is 23.2. The maximum Gasteiger partial charge on any atom is 0.322 e. The van der Waals surface area contributed by atoms with Gasteiger partial charge < -0.3 is 34.5 Å². The lowest BCUT2D eigenvalue weighted by Gasteiger charge is -2.64. The van der Waals surface area contributed by atoms with Crippen molar-refractivity contribution in [3.05, 3.63) is 118 Å². The molecule has 3 N–H and O–H groups in total. The zero-order valence-electron chi connectivity index (χ0n) is 38.2. The van der Waals surface area contributed by atoms with Crippen molar-refractivity contribution in [2.75, 3.05) is 65.4 Å². The molecule has 12 nitrogen and oxygen atoms in total. The second kappa shape index (κ2) is 15.8. The van der Waals surface area contributed by atoms with Gasteiger partial charge in [0, 0.05) is 96.5 Å². The number of carbonyl (C=O) groups excluding carboxylic acids is 3. The first-order chi connectivity index (χ1) is 31.3. The van der Waals surface area contributed by atoms with E-state index < -0.39 is 51.7 Å². The van der Waals surface area contributed by atoms with Gasteiger partial charge >= 0.3 is 11.9 Å². The third-order valence-electron chi connectivity index (χ3n) is 16.3. The summed E-state index contributed by atoms with van der Waals surface area (Å²) in [5, 5.41) is 18.0. The maximum absolute atomic E-state index is 15.4. The summed E-state index contributed by atoms with van der Waals surface area (Å²) in [5.74, 6) is -1.37. The fourth-order valence-corrected chi connectivity index (χ4v) is 13.9. The van der Waals surface area contributed by atoms with Crippen LogP contribution in [0.5, 0.6) is 5.75 Å². The zero-order chi connectivity index (χ0) is 45.6. The first-order valence-electron chi connectivity index (χ1n) is 23.2. The summed E-state index contributed by atoms with van der Waals surface area (Å²) in [4.78, 5) is 53.5. The number of esters is 2. The van der Waals surface area contributed by atoms with Gasteiger partial charge in [0.25, 0.3) is 5.91 Å². The number of rotatable bonds is 9. The number of aromatic nitrogens is 1. The van der Waals surface area contributed by atoms with Crippen molar-refractivity contribution < 1.29 is 38.1 Å². The van der Waals surface area contributed by atoms with E-state index in [0.717, 1.165) is 65.9 Å². The highest BCUT2D eigenvalue weighted by atomic mass is 19.1. The molecule has 1 aromatic heterocycles. The second-order valence-corrected chi connectivity index (χ2v) is 19.4. The van der Waals surface area contributed by atoms with E-state index >= 15 is 4.79 Å². The molecule has 13 heteroatoms. The Kier molecular flexibility index (Phi) is 10.6. The highest BCUT2D eigenvalue weighted by molar-refractivity contribution is 5.95. The average Bonchev–Trinajstić information content (AvgIpc) is 3.97. The Morgan fingerprint density at radius 1 is 1.02 bits per heavy atom. The number of likely N-dealkylation sites (N-methyl/N-ethyl adjacent to an activating group) is 1. The summed E-state index contributed by atoms with van der Waals surface area (Å²) >= 11 is 0. The molecule has 1 unspecified atom stereocenters. The third-order valence-corrected chi connectivity index (χ3v) is 16.3. The Morgan fingerprint density at radius 2 is 1.80 bits per heavy atom. The van der Waals surface area contributed by atoms with Crippen LogP contribution >= 0.6 is 0 Å². The number of para-hydroxylation sites is 1. The van der Waals surface area contributed by atoms with Crippen molar-refractivity contribution in [2.45, 2.75) is 87.5 Å². The fourth-order valence-electron chi connectivity index (χ4n) is 13.9. The topological polar surface area (TPSA) is 137 Å². The van der Waals surface area contributed by atoms with E-state index in [0.29, 0.717) is 43.7 Å². The van der Waals surface area contributed by atoms with Crippen LogP contribution in [0.2, 0.25) is 0 Å². The summed E-state index contributed by atoms with van der Waals surface area (Å²) in [6.45, 7) is 9.24. The number of H-pyrrole nitrogens is 1. The molecule has 3 aromatic carbocycles. The summed E-state index contributed by atoms with van der Waals surface area (Å²) in [5.41, 5.74) is 1.94. The molecule has 9 atom stereocenters. The Bertz CT molecular complexity index is 2640. The minimum atomic E-state index is -1.87. The molecule has 1 spiro atoms. The van der Waals surface area contributed by atoms with Crippen LogP contribution in [-0.4, -0.2) is 122 Å². The molecule has 6 aliphatic rings. The van der Waals surface area contributed by atoms with Crippen LogP contribution in [0.3, 0.4) is 0 Å². The van der Waals surface area contributed by atoms with Gasteiger partial charge in [-0.15, -0.1) is 0 Å². The quantitative estimate of drug-likeness (QED) is 0.132. The molecule has 2 fully saturated rings. The standard InChI is InChI=1S/C52H60FN5O7/c1-7-32-24-33-27-51(48(61)64-6,43-37(18-22-57(28-32)29-33)36-12-9-10-13-40(36)55-43)39-25-38-41(26-42(39)63-5)56(4)46-50(38)20-23-58-21-11-19-49(8-2,45(50)58)47(65-31(3)59)52(46,62)30-54-44(60)34-14-16-35(53)17-15-34/h9-17,19,24-26,33,45-47,55,62H,7-8,18,20-23,27-30H2,1-6H3,(H,54,60)/t33-,45-,46+,47+,49+,50+,51-,52-/m0/s1. The number of anilines is 1. The lowest BCUT2D eigenvalue weighted by molar-refractivity contribution is -0.216. The van der Waals surface area contributed by atoms with Crippen LogP contribution in [0.1, 0.15) is 79.2 Å². The molecule has 1 aliphatic carbocycles. The second-order valence-electron chi connectivity index (χ2n) is 19.4. The number of nitrogens with one attached hydrogen (secondary N) is 2. The van der Waals surface area contributed by atoms with Crippen LogP contribution in [0.25, 0.3) is 10.9 Å². The molecular weight excluding hydrogens is 826 g/mol. The molecule has 1 saturated carbocycles. The SMILES string of the molecule is CCC1=C[C@@H]2CN(CCc3c([nH]c4ccccc34)[C@@](C(=O)OC)(c3cc4c(cc3OC)N(C)[C@H]3[C@@](O)(CNC(=O)c5ccc(F)cc5)[C@H](OC(C)=O)[C@]5(CC)C=CCN6CC[C@]43[C@@H]65)C2)C1. The van der Waals surface area contributed by atoms with Gasteiger partial charge in [0.2, 0.25) is 0 Å². The van der Waals surface area contributed by atoms with Crippen LogP contribution in [0, 0.1) is 17.2 Å². The average molecular weight is 886 g/mol. The van der Waals surface area contributed by atoms with Crippen molar-refractivity contribution in [2.24, 2.45) is 11.3 Å². The van der Waals surface area contributed by atoms with E-state index in [1.165, 1.54) is 43.9 Å². The van der Waals surface area contributed by atoms with Crippen LogP contribution in [0.4, 0.5) is 10.1 Å². The van der Waals surface area contributed by atoms with Crippen molar-refractivity contribution in [1.29, 1.82) is 0 Å². The smallest absolute Gasteiger partial charge is 0.322 e. The maximum atomic E-state index is 15.4. The van der Waals surface area contributed by atoms with Gasteiger partial charge in [-0.3, -0.25) is 24.2 Å². The molecule has 4 aromatic rings. The Morgan fingerprint density at radius 3 is 2.52 bits per heavy atom. The summed E-state index contributed by atoms with van der Waals surface area (Å²) in [7, 11) is 5.06. The fraction of sp³-hybridized carbons (Fsp3) is 0.481. The lowest BCUT2D eigenvalue weighted by Crippen LogP contribution is -2.81. The van der Waals surface area contributed by atoms with Gasteiger partial charge in [-0.25, -0.2) is 4.39 Å². The number of amides is 1. The van der Waals surface area contributed by atoms with Gasteiger partial charge in [0.15, 0.2) is 0 Å². The predicted octanol–water partition coefficient (Wildman–Crippen LogP) is 6.19. The molecule has 2 bridgehead atoms. The molecule has 6 heterocycles. The third kappa shape index (κ3) is 6.20. The molecular formula is C52H60FN5O7. The summed E-state index contributed by atoms with van der Waals surface area (Å²) in [6.07, 6.45) is 8.75. The normalized spacial score (nSPS) is 32.2. The van der Waals surface area contributed by atoms with Gasteiger partial charge in [0.05, 0.1) is 26.8 Å². The van der Waals surface area contributed by atoms with E-state index in [1.807, 2.05) is 25.2 Å². The molecule has 0 radical (unpaired) electrons. The Labute approximate surface area is 379 Å². The number of aliphatic hydroxyl groups is 1. The van der Waals surface area contributed by atoms with Gasteiger partial charge in [-0.1, -0.05) is 55.8 Å². The Hall–Kier alpha value is -5.50. The number of fused-ring (bicyclic) bond motifs is 6. The number of hydrogen-bond donors (Lipinski definition) is 3. The van der Waals surface area contributed by atoms with Crippen LogP contribution in [-0.2, 0) is 36.3 Å². The first kappa shape index (κ1) is 43.4. The van der Waals surface area contributed by atoms with Crippen molar-refractivity contribution in [3.63, 3.8) is 0 Å². The zero-order valence-corrected chi connectivity index (χ0v) is 38.2. The minimum Gasteiger partial charge on any atom is -0.496 e. The van der Waals surface area contributed by atoms with Gasteiger partial charge in [-0.2, -0.15) is 0 Å². The Balaban J connectivity index is 1.23. The van der Waals surface area contributed by atoms with Crippen LogP contribution < -0.4 is 15.0 Å². The molecule has 342 valence electrons. The number of aromatic amines is 1. The number of halogens is 1. The monoisotopic (exact) mass is 885 g/mol. The lowest BCUT2D eigenvalue weighted by atomic mass is 9.47. The molecule has 1 amide bonds. The van der Waals surface area contributed by atoms with Gasteiger partial charge in [-0.05, 0) is 92.1 Å². The van der Waals surface area contributed by atoms with E-state index in [-0.39, 0.29) is 30.0 Å². The number of ether oxygens (including phenoxy) is 3. The number of hydrogen-bond acceptors (Lipinski definition) is 10. The van der Waals surface area contributed by atoms with Crippen molar-refractivity contribution >= 4 is 34.4 Å². The van der Waals surface area contributed by atoms with Crippen molar-refractivity contribution in [1.82, 2.24) is 20.1 Å². The van der Waals surface area contributed by atoms with E-state index in [1.54, 1.807) is 7.11 Å². The highest BCUT2D eigenvalue weighted by Crippen LogP contribution is 2.68. The number of carbonyl (C=O) groups is 3. The molecule has 5 aliphatic heterocycles. The summed E-state index contributed by atoms with van der Waals surface area (Å²) in [6, 6.07) is 16.7. The van der Waals surface area contributed by atoms with Crippen LogP contribution in [0.15, 0.2) is 84.5 Å². The van der Waals surface area contributed by atoms with E-state index in [4.69, 9.17) is 14.2 Å². The van der Waals surface area contributed by atoms with E-state index in [2.05, 4.69) is 75.3 Å². The largest absolute Gasteiger partial charge is 0.496 e. The number of methoxy groups -OCH3 is 2. The van der Waals surface area contributed by atoms with Crippen molar-refractivity contribution in [3.8, 4) is 5.75 Å². The predicted molar refractivity (Wildman–Crippen MR) is 246 cm³/mol. The number of benzene rings is 3. The minimum absolute atomic E-state index is 0.00822. The molecule has 10 rings (SSSR count). The molecule has 65 heavy (non-hydrogen) atoms. The van der Waals surface area contributed by atoms with E-state index in [9.17, 15) is 19.1 Å².